The monoisotopic (exact) mass is 477 g/mol. The number of aromatic nitrogens is 3. The number of pyridine rings is 1. The zero-order chi connectivity index (χ0) is 24.6. The first-order chi connectivity index (χ1) is 16.2. The van der Waals surface area contributed by atoms with Crippen LogP contribution in [0.1, 0.15) is 34.6 Å². The van der Waals surface area contributed by atoms with Gasteiger partial charge in [0.25, 0.3) is 5.56 Å². The van der Waals surface area contributed by atoms with Gasteiger partial charge >= 0.3 is 5.97 Å². The molecular formula is C24H17ClFN5O3. The van der Waals surface area contributed by atoms with Crippen LogP contribution in [0.25, 0.3) is 22.3 Å². The second-order valence-corrected chi connectivity index (χ2v) is 7.97. The van der Waals surface area contributed by atoms with E-state index in [2.05, 4.69) is 15.3 Å². The summed E-state index contributed by atoms with van der Waals surface area (Å²) in [5, 5.41) is 21.6. The molecule has 170 valence electrons. The first-order valence-electron chi connectivity index (χ1n) is 10.1. The molecule has 0 spiro atoms. The summed E-state index contributed by atoms with van der Waals surface area (Å²) in [5.41, 5.74) is 1.13. The van der Waals surface area contributed by atoms with Crippen molar-refractivity contribution in [1.29, 1.82) is 5.26 Å². The second-order valence-electron chi connectivity index (χ2n) is 7.58. The van der Waals surface area contributed by atoms with Gasteiger partial charge in [-0.2, -0.15) is 5.26 Å². The third-order valence-electron chi connectivity index (χ3n) is 5.35. The van der Waals surface area contributed by atoms with Gasteiger partial charge in [0.2, 0.25) is 0 Å². The quantitative estimate of drug-likeness (QED) is 0.405. The third-order valence-corrected chi connectivity index (χ3v) is 5.56. The largest absolute Gasteiger partial charge is 0.476 e. The zero-order valence-electron chi connectivity index (χ0n) is 18.0. The number of fused-ring (bicyclic) bond motifs is 1. The highest BCUT2D eigenvalue weighted by Crippen LogP contribution is 2.29. The molecule has 0 fully saturated rings. The standard InChI is InChI=1S/C24H17ClFN5O3/c1-12(28-18-7-8-19(25)29-21(18)24(33)34)16-9-15(26)10-17-20(16)30-22(31(2)23(17)32)14-5-3-13(11-27)4-6-14/h3-10,12,28H,1-2H3,(H,33,34)/t12-/m1/s1. The molecule has 2 aromatic carbocycles. The van der Waals surface area contributed by atoms with E-state index in [0.717, 1.165) is 6.07 Å². The van der Waals surface area contributed by atoms with Gasteiger partial charge in [0.15, 0.2) is 5.69 Å². The summed E-state index contributed by atoms with van der Waals surface area (Å²) < 4.78 is 15.8. The van der Waals surface area contributed by atoms with Crippen molar-refractivity contribution in [2.75, 3.05) is 5.32 Å². The lowest BCUT2D eigenvalue weighted by atomic mass is 10.0. The number of nitrogens with zero attached hydrogens (tertiary/aromatic N) is 4. The highest BCUT2D eigenvalue weighted by atomic mass is 35.5. The number of carbonyl (C=O) groups is 1. The van der Waals surface area contributed by atoms with Gasteiger partial charge in [-0.1, -0.05) is 11.6 Å². The average Bonchev–Trinajstić information content (AvgIpc) is 2.82. The number of aromatic carboxylic acids is 1. The molecule has 4 aromatic rings. The van der Waals surface area contributed by atoms with Gasteiger partial charge in [-0.05, 0) is 55.5 Å². The summed E-state index contributed by atoms with van der Waals surface area (Å²) in [6, 6.07) is 13.2. The summed E-state index contributed by atoms with van der Waals surface area (Å²) in [5.74, 6) is -1.58. The van der Waals surface area contributed by atoms with E-state index >= 15 is 0 Å². The van der Waals surface area contributed by atoms with E-state index in [-0.39, 0.29) is 27.4 Å². The Morgan fingerprint density at radius 1 is 1.21 bits per heavy atom. The molecule has 0 bridgehead atoms. The highest BCUT2D eigenvalue weighted by Gasteiger charge is 2.20. The molecule has 4 rings (SSSR count). The van der Waals surface area contributed by atoms with Crippen molar-refractivity contribution in [3.63, 3.8) is 0 Å². The lowest BCUT2D eigenvalue weighted by molar-refractivity contribution is 0.0691. The molecule has 2 aromatic heterocycles. The van der Waals surface area contributed by atoms with Crippen molar-refractivity contribution in [1.82, 2.24) is 14.5 Å². The molecule has 0 unspecified atom stereocenters. The van der Waals surface area contributed by atoms with Crippen molar-refractivity contribution in [2.24, 2.45) is 7.05 Å². The molecule has 0 aliphatic carbocycles. The maximum Gasteiger partial charge on any atom is 0.356 e. The van der Waals surface area contributed by atoms with Gasteiger partial charge in [-0.15, -0.1) is 0 Å². The number of anilines is 1. The van der Waals surface area contributed by atoms with Crippen LogP contribution in [0.3, 0.4) is 0 Å². The average molecular weight is 478 g/mol. The van der Waals surface area contributed by atoms with E-state index in [1.54, 1.807) is 31.2 Å². The van der Waals surface area contributed by atoms with E-state index in [1.165, 1.54) is 29.8 Å². The Morgan fingerprint density at radius 3 is 2.56 bits per heavy atom. The molecule has 0 aliphatic heterocycles. The fourth-order valence-corrected chi connectivity index (χ4v) is 3.82. The minimum Gasteiger partial charge on any atom is -0.476 e. The molecule has 0 saturated carbocycles. The lowest BCUT2D eigenvalue weighted by Crippen LogP contribution is -2.22. The Balaban J connectivity index is 1.88. The van der Waals surface area contributed by atoms with E-state index in [4.69, 9.17) is 16.9 Å². The number of carboxylic acids is 1. The van der Waals surface area contributed by atoms with Crippen LogP contribution < -0.4 is 10.9 Å². The predicted molar refractivity (Wildman–Crippen MR) is 125 cm³/mol. The van der Waals surface area contributed by atoms with Crippen molar-refractivity contribution >= 4 is 34.2 Å². The number of carboxylic acid groups (broad SMARTS) is 1. The minimum absolute atomic E-state index is 0.0176. The van der Waals surface area contributed by atoms with Crippen molar-refractivity contribution in [3.8, 4) is 17.5 Å². The van der Waals surface area contributed by atoms with Crippen LogP contribution >= 0.6 is 11.6 Å². The van der Waals surface area contributed by atoms with E-state index in [0.29, 0.717) is 22.5 Å². The molecule has 1 atom stereocenters. The molecule has 0 aliphatic rings. The van der Waals surface area contributed by atoms with Crippen LogP contribution in [0, 0.1) is 17.1 Å². The van der Waals surface area contributed by atoms with Gasteiger partial charge in [0.05, 0.1) is 34.3 Å². The van der Waals surface area contributed by atoms with Crippen molar-refractivity contribution in [2.45, 2.75) is 13.0 Å². The number of nitrogens with one attached hydrogen (secondary N) is 1. The number of hydrogen-bond acceptors (Lipinski definition) is 6. The number of rotatable bonds is 5. The molecule has 10 heteroatoms. The highest BCUT2D eigenvalue weighted by molar-refractivity contribution is 6.29. The van der Waals surface area contributed by atoms with Gasteiger partial charge in [-0.3, -0.25) is 9.36 Å². The molecule has 8 nitrogen and oxygen atoms in total. The Labute approximate surface area is 197 Å². The first kappa shape index (κ1) is 22.9. The number of benzene rings is 2. The van der Waals surface area contributed by atoms with Crippen LogP contribution in [0.4, 0.5) is 10.1 Å². The van der Waals surface area contributed by atoms with Crippen LogP contribution in [0.15, 0.2) is 53.3 Å². The van der Waals surface area contributed by atoms with Crippen molar-refractivity contribution < 1.29 is 14.3 Å². The summed E-state index contributed by atoms with van der Waals surface area (Å²) in [7, 11) is 1.53. The zero-order valence-corrected chi connectivity index (χ0v) is 18.8. The summed E-state index contributed by atoms with van der Waals surface area (Å²) >= 11 is 5.82. The number of halogens is 2. The Bertz CT molecular complexity index is 1540. The van der Waals surface area contributed by atoms with Gasteiger partial charge in [-0.25, -0.2) is 19.2 Å². The van der Waals surface area contributed by atoms with E-state index < -0.39 is 23.4 Å². The molecular weight excluding hydrogens is 461 g/mol. The molecule has 0 saturated heterocycles. The number of hydrogen-bond donors (Lipinski definition) is 2. The van der Waals surface area contributed by atoms with Crippen LogP contribution in [0.5, 0.6) is 0 Å². The Morgan fingerprint density at radius 2 is 1.91 bits per heavy atom. The van der Waals surface area contributed by atoms with Gasteiger partial charge < -0.3 is 10.4 Å². The van der Waals surface area contributed by atoms with Crippen molar-refractivity contribution in [3.05, 3.63) is 86.7 Å². The van der Waals surface area contributed by atoms with Crippen LogP contribution in [-0.4, -0.2) is 25.6 Å². The third kappa shape index (κ3) is 4.19. The molecule has 0 radical (unpaired) electrons. The molecule has 2 heterocycles. The molecule has 34 heavy (non-hydrogen) atoms. The normalized spacial score (nSPS) is 11.7. The van der Waals surface area contributed by atoms with Gasteiger partial charge in [0, 0.05) is 18.2 Å². The van der Waals surface area contributed by atoms with E-state index in [1.807, 2.05) is 6.07 Å². The summed E-state index contributed by atoms with van der Waals surface area (Å²) in [6.45, 7) is 1.69. The van der Waals surface area contributed by atoms with E-state index in [9.17, 15) is 19.1 Å². The maximum atomic E-state index is 14.5. The van der Waals surface area contributed by atoms with Gasteiger partial charge in [0.1, 0.15) is 16.8 Å². The molecule has 2 N–H and O–H groups in total. The molecule has 0 amide bonds. The Kier molecular flexibility index (Phi) is 6.01. The fourth-order valence-electron chi connectivity index (χ4n) is 3.67. The SMILES string of the molecule is C[C@@H](Nc1ccc(Cl)nc1C(=O)O)c1cc(F)cc2c(=O)n(C)c(-c3ccc(C#N)cc3)nc12. The predicted octanol–water partition coefficient (Wildman–Crippen LogP) is 4.53. The fraction of sp³-hybridized carbons (Fsp3) is 0.125. The smallest absolute Gasteiger partial charge is 0.356 e. The number of nitriles is 1. The van der Waals surface area contributed by atoms with Crippen LogP contribution in [0.2, 0.25) is 5.15 Å². The summed E-state index contributed by atoms with van der Waals surface area (Å²) in [4.78, 5) is 33.2. The van der Waals surface area contributed by atoms with Crippen LogP contribution in [-0.2, 0) is 7.05 Å². The second kappa shape index (κ2) is 8.92. The lowest BCUT2D eigenvalue weighted by Gasteiger charge is -2.19. The minimum atomic E-state index is -1.28. The maximum absolute atomic E-state index is 14.5. The Hall–Kier alpha value is -4.29. The topological polar surface area (TPSA) is 121 Å². The summed E-state index contributed by atoms with van der Waals surface area (Å²) in [6.07, 6.45) is 0. The first-order valence-corrected chi connectivity index (χ1v) is 10.4.